The summed E-state index contributed by atoms with van der Waals surface area (Å²) in [4.78, 5) is 6.39. The van der Waals surface area contributed by atoms with Crippen LogP contribution in [-0.2, 0) is 0 Å². The van der Waals surface area contributed by atoms with Gasteiger partial charge in [-0.05, 0) is 26.2 Å². The van der Waals surface area contributed by atoms with Crippen LogP contribution in [0.4, 0.5) is 0 Å². The Bertz CT molecular complexity index is 1040. The molecule has 0 atom stereocenters. The van der Waals surface area contributed by atoms with Crippen LogP contribution in [0.15, 0.2) is 47.0 Å². The van der Waals surface area contributed by atoms with E-state index >= 15 is 0 Å². The van der Waals surface area contributed by atoms with Crippen LogP contribution in [0.2, 0.25) is 0 Å². The largest absolute Gasteiger partial charge is 0.507 e. The second-order valence-electron chi connectivity index (χ2n) is 6.11. The number of likely N-dealkylation sites (N-methyl/N-ethyl adjacent to an activating group) is 1. The number of aromatic nitrogens is 1. The molecule has 2 heterocycles. The lowest BCUT2D eigenvalue weighted by atomic mass is 10.1. The molecule has 0 unspecified atom stereocenters. The van der Waals surface area contributed by atoms with Gasteiger partial charge in [-0.2, -0.15) is 0 Å². The Morgan fingerprint density at radius 1 is 1.17 bits per heavy atom. The number of hydrogen-bond acceptors (Lipinski definition) is 5. The van der Waals surface area contributed by atoms with E-state index in [1.54, 1.807) is 12.3 Å². The Labute approximate surface area is 139 Å². The summed E-state index contributed by atoms with van der Waals surface area (Å²) >= 11 is 0. The van der Waals surface area contributed by atoms with E-state index in [4.69, 9.17) is 9.15 Å². The van der Waals surface area contributed by atoms with Crippen molar-refractivity contribution in [3.8, 4) is 11.5 Å². The molecule has 0 aliphatic carbocycles. The van der Waals surface area contributed by atoms with E-state index in [0.717, 1.165) is 22.8 Å². The van der Waals surface area contributed by atoms with Crippen LogP contribution in [0.3, 0.4) is 0 Å². The van der Waals surface area contributed by atoms with Gasteiger partial charge in [0, 0.05) is 41.7 Å². The number of phenols is 1. The van der Waals surface area contributed by atoms with Gasteiger partial charge in [-0.1, -0.05) is 6.07 Å². The van der Waals surface area contributed by atoms with Gasteiger partial charge in [0.15, 0.2) is 0 Å². The van der Waals surface area contributed by atoms with Crippen LogP contribution in [0.5, 0.6) is 11.5 Å². The molecule has 0 amide bonds. The summed E-state index contributed by atoms with van der Waals surface area (Å²) < 4.78 is 11.6. The molecule has 0 spiro atoms. The van der Waals surface area contributed by atoms with Gasteiger partial charge in [-0.15, -0.1) is 0 Å². The van der Waals surface area contributed by atoms with Crippen LogP contribution in [0, 0.1) is 0 Å². The molecule has 0 aliphatic heterocycles. The highest BCUT2D eigenvalue weighted by Crippen LogP contribution is 2.39. The standard InChI is InChI=1S/C19H18N2O3/c1-21(2)6-7-23-13-9-16(22)19-14-8-12-4-3-5-20-15(12)11-17(14)24-18(19)10-13/h3-5,8-11,22H,6-7H2,1-2H3. The van der Waals surface area contributed by atoms with Crippen LogP contribution in [0.25, 0.3) is 32.8 Å². The maximum atomic E-state index is 10.5. The number of hydrogen-bond donors (Lipinski definition) is 1. The molecule has 0 bridgehead atoms. The van der Waals surface area contributed by atoms with E-state index in [-0.39, 0.29) is 5.75 Å². The number of fused-ring (bicyclic) bond motifs is 4. The molecule has 5 heteroatoms. The minimum Gasteiger partial charge on any atom is -0.507 e. The second kappa shape index (κ2) is 5.69. The normalized spacial score (nSPS) is 11.8. The fraction of sp³-hybridized carbons (Fsp3) is 0.211. The molecule has 5 nitrogen and oxygen atoms in total. The van der Waals surface area contributed by atoms with Crippen molar-refractivity contribution in [2.24, 2.45) is 0 Å². The first kappa shape index (κ1) is 14.8. The second-order valence-corrected chi connectivity index (χ2v) is 6.11. The molecular formula is C19H18N2O3. The topological polar surface area (TPSA) is 58.7 Å². The summed E-state index contributed by atoms with van der Waals surface area (Å²) in [6.07, 6.45) is 1.75. The fourth-order valence-electron chi connectivity index (χ4n) is 2.86. The number of ether oxygens (including phenoxy) is 1. The Morgan fingerprint density at radius 3 is 2.88 bits per heavy atom. The van der Waals surface area contributed by atoms with Crippen molar-refractivity contribution in [2.75, 3.05) is 27.2 Å². The van der Waals surface area contributed by atoms with Crippen molar-refractivity contribution in [2.45, 2.75) is 0 Å². The summed E-state index contributed by atoms with van der Waals surface area (Å²) in [6.45, 7) is 1.35. The first-order valence-corrected chi connectivity index (χ1v) is 7.83. The lowest BCUT2D eigenvalue weighted by Gasteiger charge is -2.11. The molecule has 4 aromatic rings. The van der Waals surface area contributed by atoms with Crippen LogP contribution < -0.4 is 4.74 Å². The number of furan rings is 1. The quantitative estimate of drug-likeness (QED) is 0.619. The SMILES string of the molecule is CN(C)CCOc1cc(O)c2c(c1)oc1cc3ncccc3cc12. The van der Waals surface area contributed by atoms with E-state index in [0.29, 0.717) is 28.9 Å². The zero-order chi connectivity index (χ0) is 16.7. The minimum absolute atomic E-state index is 0.161. The minimum atomic E-state index is 0.161. The third-order valence-corrected chi connectivity index (χ3v) is 4.06. The molecule has 0 saturated heterocycles. The average molecular weight is 322 g/mol. The van der Waals surface area contributed by atoms with E-state index < -0.39 is 0 Å². The van der Waals surface area contributed by atoms with Crippen molar-refractivity contribution < 1.29 is 14.3 Å². The number of phenolic OH excluding ortho intramolecular Hbond substituents is 1. The van der Waals surface area contributed by atoms with Gasteiger partial charge in [0.05, 0.1) is 10.9 Å². The van der Waals surface area contributed by atoms with E-state index in [9.17, 15) is 5.11 Å². The predicted molar refractivity (Wildman–Crippen MR) is 94.7 cm³/mol. The van der Waals surface area contributed by atoms with Crippen molar-refractivity contribution in [1.82, 2.24) is 9.88 Å². The van der Waals surface area contributed by atoms with Gasteiger partial charge in [0.1, 0.15) is 29.3 Å². The molecule has 0 saturated carbocycles. The van der Waals surface area contributed by atoms with E-state index in [1.807, 2.05) is 49.3 Å². The molecule has 2 aromatic carbocycles. The lowest BCUT2D eigenvalue weighted by Crippen LogP contribution is -2.19. The monoisotopic (exact) mass is 322 g/mol. The number of nitrogens with zero attached hydrogens (tertiary/aromatic N) is 2. The van der Waals surface area contributed by atoms with Gasteiger partial charge in [-0.3, -0.25) is 4.98 Å². The van der Waals surface area contributed by atoms with Gasteiger partial charge in [0.2, 0.25) is 0 Å². The van der Waals surface area contributed by atoms with Gasteiger partial charge in [0.25, 0.3) is 0 Å². The third-order valence-electron chi connectivity index (χ3n) is 4.06. The van der Waals surface area contributed by atoms with Crippen molar-refractivity contribution in [1.29, 1.82) is 0 Å². The summed E-state index contributed by atoms with van der Waals surface area (Å²) in [7, 11) is 3.98. The highest BCUT2D eigenvalue weighted by atomic mass is 16.5. The summed E-state index contributed by atoms with van der Waals surface area (Å²) in [5.41, 5.74) is 2.18. The summed E-state index contributed by atoms with van der Waals surface area (Å²) in [5.74, 6) is 0.762. The first-order valence-electron chi connectivity index (χ1n) is 7.83. The molecule has 2 aromatic heterocycles. The number of rotatable bonds is 4. The summed E-state index contributed by atoms with van der Waals surface area (Å²) in [5, 5.41) is 13.0. The van der Waals surface area contributed by atoms with Crippen LogP contribution in [-0.4, -0.2) is 42.2 Å². The Morgan fingerprint density at radius 2 is 2.04 bits per heavy atom. The van der Waals surface area contributed by atoms with Crippen molar-refractivity contribution in [3.05, 3.63) is 42.6 Å². The lowest BCUT2D eigenvalue weighted by molar-refractivity contribution is 0.260. The fourth-order valence-corrected chi connectivity index (χ4v) is 2.86. The van der Waals surface area contributed by atoms with Crippen molar-refractivity contribution >= 4 is 32.8 Å². The number of benzene rings is 2. The molecule has 122 valence electrons. The Hall–Kier alpha value is -2.79. The van der Waals surface area contributed by atoms with E-state index in [1.165, 1.54) is 0 Å². The zero-order valence-electron chi connectivity index (χ0n) is 13.6. The maximum absolute atomic E-state index is 10.5. The highest BCUT2D eigenvalue weighted by molar-refractivity contribution is 6.12. The van der Waals surface area contributed by atoms with Gasteiger partial charge < -0.3 is 19.2 Å². The maximum Gasteiger partial charge on any atom is 0.142 e. The highest BCUT2D eigenvalue weighted by Gasteiger charge is 2.14. The van der Waals surface area contributed by atoms with Crippen LogP contribution >= 0.6 is 0 Å². The molecule has 0 radical (unpaired) electrons. The smallest absolute Gasteiger partial charge is 0.142 e. The molecule has 4 rings (SSSR count). The molecular weight excluding hydrogens is 304 g/mol. The zero-order valence-corrected chi connectivity index (χ0v) is 13.6. The molecule has 0 aliphatic rings. The van der Waals surface area contributed by atoms with Crippen molar-refractivity contribution in [3.63, 3.8) is 0 Å². The van der Waals surface area contributed by atoms with Gasteiger partial charge in [-0.25, -0.2) is 0 Å². The Kier molecular flexibility index (Phi) is 3.50. The van der Waals surface area contributed by atoms with E-state index in [2.05, 4.69) is 4.98 Å². The molecule has 24 heavy (non-hydrogen) atoms. The number of pyridine rings is 1. The first-order chi connectivity index (χ1) is 11.6. The van der Waals surface area contributed by atoms with Crippen LogP contribution in [0.1, 0.15) is 0 Å². The molecule has 0 fully saturated rings. The van der Waals surface area contributed by atoms with Gasteiger partial charge >= 0.3 is 0 Å². The third kappa shape index (κ3) is 2.53. The average Bonchev–Trinajstić information content (AvgIpc) is 2.89. The predicted octanol–water partition coefficient (Wildman–Crippen LogP) is 3.78. The summed E-state index contributed by atoms with van der Waals surface area (Å²) in [6, 6.07) is 11.2. The molecule has 1 N–H and O–H groups in total. The Balaban J connectivity index is 1.83. The number of aromatic hydroxyl groups is 1.